The molecule has 0 radical (unpaired) electrons. The van der Waals surface area contributed by atoms with E-state index in [0.717, 1.165) is 18.2 Å². The van der Waals surface area contributed by atoms with Gasteiger partial charge in [-0.25, -0.2) is 13.6 Å². The Kier molecular flexibility index (Phi) is 6.37. The first-order chi connectivity index (χ1) is 12.4. The van der Waals surface area contributed by atoms with Crippen LogP contribution in [-0.2, 0) is 14.3 Å². The summed E-state index contributed by atoms with van der Waals surface area (Å²) in [6.45, 7) is 1.93. The smallest absolute Gasteiger partial charge is 0.338 e. The van der Waals surface area contributed by atoms with Gasteiger partial charge >= 0.3 is 5.97 Å². The van der Waals surface area contributed by atoms with Crippen LogP contribution in [0.15, 0.2) is 42.5 Å². The highest BCUT2D eigenvalue weighted by atomic mass is 19.1. The summed E-state index contributed by atoms with van der Waals surface area (Å²) in [7, 11) is 0. The number of amides is 2. The monoisotopic (exact) mass is 362 g/mol. The molecule has 0 fully saturated rings. The molecule has 2 amide bonds. The average Bonchev–Trinajstić information content (AvgIpc) is 2.59. The number of anilines is 2. The molecule has 0 heterocycles. The second kappa shape index (κ2) is 8.70. The van der Waals surface area contributed by atoms with Crippen molar-refractivity contribution in [1.29, 1.82) is 0 Å². The molecule has 0 aliphatic carbocycles. The van der Waals surface area contributed by atoms with Crippen LogP contribution < -0.4 is 10.6 Å². The summed E-state index contributed by atoms with van der Waals surface area (Å²) in [5.74, 6) is -3.91. The Hall–Kier alpha value is -3.29. The Balaban J connectivity index is 1.92. The number of esters is 1. The van der Waals surface area contributed by atoms with Crippen LogP contribution in [0.25, 0.3) is 0 Å². The van der Waals surface area contributed by atoms with E-state index in [2.05, 4.69) is 5.32 Å². The topological polar surface area (TPSA) is 84.5 Å². The first kappa shape index (κ1) is 19.0. The van der Waals surface area contributed by atoms with Crippen molar-refractivity contribution in [2.75, 3.05) is 17.2 Å². The summed E-state index contributed by atoms with van der Waals surface area (Å²) >= 11 is 0. The van der Waals surface area contributed by atoms with Gasteiger partial charge in [-0.3, -0.25) is 9.59 Å². The van der Waals surface area contributed by atoms with Crippen LogP contribution in [0.4, 0.5) is 20.2 Å². The molecule has 26 heavy (non-hydrogen) atoms. The Morgan fingerprint density at radius 1 is 0.923 bits per heavy atom. The standard InChI is InChI=1S/C18H16F2N2O4/c1-2-26-18(25)11-6-8-12(9-7-11)21-15(23)10-16(24)22-17-13(19)4-3-5-14(17)20/h3-9H,2,10H2,1H3,(H,21,23)(H,22,24). The number of para-hydroxylation sites is 1. The van der Waals surface area contributed by atoms with Crippen LogP contribution in [0.3, 0.4) is 0 Å². The number of benzene rings is 2. The second-order valence-electron chi connectivity index (χ2n) is 5.17. The van der Waals surface area contributed by atoms with Crippen molar-refractivity contribution in [3.63, 3.8) is 0 Å². The third kappa shape index (κ3) is 5.10. The summed E-state index contributed by atoms with van der Waals surface area (Å²) in [5.41, 5.74) is 0.0645. The number of nitrogens with one attached hydrogen (secondary N) is 2. The van der Waals surface area contributed by atoms with E-state index in [0.29, 0.717) is 11.3 Å². The first-order valence-corrected chi connectivity index (χ1v) is 7.71. The van der Waals surface area contributed by atoms with E-state index in [1.165, 1.54) is 24.3 Å². The molecule has 6 nitrogen and oxygen atoms in total. The predicted molar refractivity (Wildman–Crippen MR) is 90.6 cm³/mol. The fourth-order valence-corrected chi connectivity index (χ4v) is 2.06. The zero-order valence-electron chi connectivity index (χ0n) is 13.8. The second-order valence-corrected chi connectivity index (χ2v) is 5.17. The van der Waals surface area contributed by atoms with Crippen LogP contribution in [0.2, 0.25) is 0 Å². The van der Waals surface area contributed by atoms with E-state index in [9.17, 15) is 23.2 Å². The molecule has 0 unspecified atom stereocenters. The molecule has 0 bridgehead atoms. The summed E-state index contributed by atoms with van der Waals surface area (Å²) < 4.78 is 31.8. The molecule has 2 rings (SSSR count). The third-order valence-electron chi connectivity index (χ3n) is 3.23. The molecule has 0 aromatic heterocycles. The fraction of sp³-hybridized carbons (Fsp3) is 0.167. The molecular formula is C18H16F2N2O4. The fourth-order valence-electron chi connectivity index (χ4n) is 2.06. The SMILES string of the molecule is CCOC(=O)c1ccc(NC(=O)CC(=O)Nc2c(F)cccc2F)cc1. The lowest BCUT2D eigenvalue weighted by molar-refractivity contribution is -0.123. The molecule has 0 aliphatic heterocycles. The molecule has 8 heteroatoms. The van der Waals surface area contributed by atoms with Crippen LogP contribution >= 0.6 is 0 Å². The summed E-state index contributed by atoms with van der Waals surface area (Å²) in [6.07, 6.45) is -0.632. The van der Waals surface area contributed by atoms with Crippen LogP contribution in [0.5, 0.6) is 0 Å². The number of ether oxygens (including phenoxy) is 1. The molecule has 2 aromatic carbocycles. The summed E-state index contributed by atoms with van der Waals surface area (Å²) in [5, 5.41) is 4.47. The van der Waals surface area contributed by atoms with Gasteiger partial charge < -0.3 is 15.4 Å². The lowest BCUT2D eigenvalue weighted by Gasteiger charge is -2.08. The zero-order chi connectivity index (χ0) is 19.1. The largest absolute Gasteiger partial charge is 0.462 e. The van der Waals surface area contributed by atoms with E-state index in [1.54, 1.807) is 6.92 Å². The molecule has 0 aliphatic rings. The van der Waals surface area contributed by atoms with Gasteiger partial charge in [0.2, 0.25) is 11.8 Å². The highest BCUT2D eigenvalue weighted by Crippen LogP contribution is 2.18. The van der Waals surface area contributed by atoms with Crippen molar-refractivity contribution in [3.8, 4) is 0 Å². The maximum absolute atomic E-state index is 13.5. The highest BCUT2D eigenvalue weighted by molar-refractivity contribution is 6.08. The lowest BCUT2D eigenvalue weighted by atomic mass is 10.2. The Morgan fingerprint density at radius 2 is 1.50 bits per heavy atom. The highest BCUT2D eigenvalue weighted by Gasteiger charge is 2.15. The molecule has 0 spiro atoms. The van der Waals surface area contributed by atoms with Gasteiger partial charge in [-0.1, -0.05) is 6.07 Å². The van der Waals surface area contributed by atoms with Crippen molar-refractivity contribution in [2.45, 2.75) is 13.3 Å². The molecule has 0 saturated heterocycles. The predicted octanol–water partition coefficient (Wildman–Crippen LogP) is 3.11. The number of hydrogen-bond donors (Lipinski definition) is 2. The number of hydrogen-bond acceptors (Lipinski definition) is 4. The average molecular weight is 362 g/mol. The third-order valence-corrected chi connectivity index (χ3v) is 3.23. The van der Waals surface area contributed by atoms with Gasteiger partial charge in [0.1, 0.15) is 23.7 Å². The minimum Gasteiger partial charge on any atom is -0.462 e. The van der Waals surface area contributed by atoms with Gasteiger partial charge in [-0.2, -0.15) is 0 Å². The van der Waals surface area contributed by atoms with Gasteiger partial charge in [-0.05, 0) is 43.3 Å². The minimum absolute atomic E-state index is 0.245. The Bertz CT molecular complexity index is 802. The van der Waals surface area contributed by atoms with Crippen LogP contribution in [0, 0.1) is 11.6 Å². The Morgan fingerprint density at radius 3 is 2.08 bits per heavy atom. The van der Waals surface area contributed by atoms with E-state index < -0.39 is 41.5 Å². The Labute approximate surface area is 148 Å². The maximum Gasteiger partial charge on any atom is 0.338 e. The van der Waals surface area contributed by atoms with Gasteiger partial charge in [0.15, 0.2) is 0 Å². The van der Waals surface area contributed by atoms with E-state index in [1.807, 2.05) is 5.32 Å². The molecule has 0 atom stereocenters. The van der Waals surface area contributed by atoms with Crippen molar-refractivity contribution in [3.05, 3.63) is 59.7 Å². The van der Waals surface area contributed by atoms with Crippen molar-refractivity contribution in [2.24, 2.45) is 0 Å². The first-order valence-electron chi connectivity index (χ1n) is 7.71. The van der Waals surface area contributed by atoms with E-state index in [-0.39, 0.29) is 6.61 Å². The zero-order valence-corrected chi connectivity index (χ0v) is 13.8. The maximum atomic E-state index is 13.5. The number of carbonyl (C=O) groups is 3. The summed E-state index contributed by atoms with van der Waals surface area (Å²) in [4.78, 5) is 35.1. The van der Waals surface area contributed by atoms with Crippen molar-refractivity contribution in [1.82, 2.24) is 0 Å². The lowest BCUT2D eigenvalue weighted by Crippen LogP contribution is -2.22. The summed E-state index contributed by atoms with van der Waals surface area (Å²) in [6, 6.07) is 9.00. The van der Waals surface area contributed by atoms with Gasteiger partial charge in [0, 0.05) is 5.69 Å². The van der Waals surface area contributed by atoms with Crippen molar-refractivity contribution < 1.29 is 27.9 Å². The minimum atomic E-state index is -0.937. The van der Waals surface area contributed by atoms with Crippen LogP contribution in [-0.4, -0.2) is 24.4 Å². The number of rotatable bonds is 6. The van der Waals surface area contributed by atoms with Gasteiger partial charge in [-0.15, -0.1) is 0 Å². The quantitative estimate of drug-likeness (QED) is 0.611. The molecule has 0 saturated carbocycles. The van der Waals surface area contributed by atoms with Crippen molar-refractivity contribution >= 4 is 29.2 Å². The number of halogens is 2. The van der Waals surface area contributed by atoms with E-state index in [4.69, 9.17) is 4.74 Å². The van der Waals surface area contributed by atoms with E-state index >= 15 is 0 Å². The molecular weight excluding hydrogens is 346 g/mol. The van der Waals surface area contributed by atoms with Gasteiger partial charge in [0.05, 0.1) is 12.2 Å². The molecule has 2 N–H and O–H groups in total. The van der Waals surface area contributed by atoms with Gasteiger partial charge in [0.25, 0.3) is 0 Å². The normalized spacial score (nSPS) is 10.1. The van der Waals surface area contributed by atoms with Crippen LogP contribution in [0.1, 0.15) is 23.7 Å². The molecule has 136 valence electrons. The number of carbonyl (C=O) groups excluding carboxylic acids is 3. The molecule has 2 aromatic rings.